The van der Waals surface area contributed by atoms with Crippen molar-refractivity contribution < 1.29 is 0 Å². The summed E-state index contributed by atoms with van der Waals surface area (Å²) < 4.78 is 2.20. The Bertz CT molecular complexity index is 713. The van der Waals surface area contributed by atoms with Crippen LogP contribution in [0.15, 0.2) is 48.5 Å². The van der Waals surface area contributed by atoms with E-state index in [0.29, 0.717) is 6.54 Å². The average Bonchev–Trinajstić information content (AvgIpc) is 2.79. The van der Waals surface area contributed by atoms with Crippen LogP contribution in [0.4, 0.5) is 0 Å². The van der Waals surface area contributed by atoms with Gasteiger partial charge >= 0.3 is 0 Å². The molecule has 0 aliphatic carbocycles. The standard InChI is InChI=1S/C16H17N3/c1-12-5-4-6-13(11-12)16-18-14-7-2-3-8-15(14)19(16)10-9-17/h2-8,11H,9-10,17H2,1H3. The fourth-order valence-corrected chi connectivity index (χ4v) is 2.44. The van der Waals surface area contributed by atoms with Crippen LogP contribution < -0.4 is 5.73 Å². The van der Waals surface area contributed by atoms with Crippen LogP contribution in [0.2, 0.25) is 0 Å². The van der Waals surface area contributed by atoms with Crippen LogP contribution in [-0.2, 0) is 6.54 Å². The summed E-state index contributed by atoms with van der Waals surface area (Å²) in [4.78, 5) is 4.75. The molecular formula is C16H17N3. The lowest BCUT2D eigenvalue weighted by Gasteiger charge is -2.08. The number of aromatic nitrogens is 2. The monoisotopic (exact) mass is 251 g/mol. The van der Waals surface area contributed by atoms with Gasteiger partial charge in [-0.05, 0) is 25.1 Å². The van der Waals surface area contributed by atoms with Crippen molar-refractivity contribution >= 4 is 11.0 Å². The number of benzene rings is 2. The quantitative estimate of drug-likeness (QED) is 0.777. The zero-order chi connectivity index (χ0) is 13.2. The van der Waals surface area contributed by atoms with E-state index in [-0.39, 0.29) is 0 Å². The van der Waals surface area contributed by atoms with Gasteiger partial charge in [-0.3, -0.25) is 0 Å². The van der Waals surface area contributed by atoms with E-state index in [4.69, 9.17) is 10.7 Å². The van der Waals surface area contributed by atoms with Gasteiger partial charge in [-0.1, -0.05) is 35.9 Å². The molecule has 3 rings (SSSR count). The number of aryl methyl sites for hydroxylation is 1. The summed E-state index contributed by atoms with van der Waals surface area (Å²) in [6.07, 6.45) is 0. The fraction of sp³-hybridized carbons (Fsp3) is 0.188. The number of fused-ring (bicyclic) bond motifs is 1. The Morgan fingerprint density at radius 3 is 2.74 bits per heavy atom. The highest BCUT2D eigenvalue weighted by molar-refractivity contribution is 5.80. The Morgan fingerprint density at radius 1 is 1.11 bits per heavy atom. The van der Waals surface area contributed by atoms with Crippen LogP contribution in [0.1, 0.15) is 5.56 Å². The fourth-order valence-electron chi connectivity index (χ4n) is 2.44. The maximum atomic E-state index is 5.74. The number of nitrogens with two attached hydrogens (primary N) is 1. The smallest absolute Gasteiger partial charge is 0.141 e. The molecule has 0 atom stereocenters. The molecular weight excluding hydrogens is 234 g/mol. The van der Waals surface area contributed by atoms with Crippen molar-refractivity contribution in [3.05, 3.63) is 54.1 Å². The molecule has 0 radical (unpaired) electrons. The molecule has 96 valence electrons. The van der Waals surface area contributed by atoms with Crippen LogP contribution in [0, 0.1) is 6.92 Å². The van der Waals surface area contributed by atoms with Crippen LogP contribution in [0.3, 0.4) is 0 Å². The second kappa shape index (κ2) is 4.86. The van der Waals surface area contributed by atoms with Crippen LogP contribution in [0.25, 0.3) is 22.4 Å². The van der Waals surface area contributed by atoms with Crippen molar-refractivity contribution in [1.29, 1.82) is 0 Å². The van der Waals surface area contributed by atoms with E-state index in [1.807, 2.05) is 18.2 Å². The Kier molecular flexibility index (Phi) is 3.05. The molecule has 0 saturated heterocycles. The van der Waals surface area contributed by atoms with Gasteiger partial charge < -0.3 is 10.3 Å². The van der Waals surface area contributed by atoms with Crippen LogP contribution in [-0.4, -0.2) is 16.1 Å². The SMILES string of the molecule is Cc1cccc(-c2nc3ccccc3n2CCN)c1. The van der Waals surface area contributed by atoms with Gasteiger partial charge in [-0.25, -0.2) is 4.98 Å². The van der Waals surface area contributed by atoms with Crippen molar-refractivity contribution in [1.82, 2.24) is 9.55 Å². The molecule has 0 bridgehead atoms. The molecule has 19 heavy (non-hydrogen) atoms. The first-order chi connectivity index (χ1) is 9.29. The molecule has 3 nitrogen and oxygen atoms in total. The van der Waals surface area contributed by atoms with Gasteiger partial charge in [0.1, 0.15) is 5.82 Å². The molecule has 2 N–H and O–H groups in total. The Morgan fingerprint density at radius 2 is 1.95 bits per heavy atom. The average molecular weight is 251 g/mol. The van der Waals surface area contributed by atoms with Gasteiger partial charge in [0, 0.05) is 18.7 Å². The van der Waals surface area contributed by atoms with E-state index < -0.39 is 0 Å². The van der Waals surface area contributed by atoms with Crippen molar-refractivity contribution in [3.63, 3.8) is 0 Å². The van der Waals surface area contributed by atoms with Gasteiger partial charge in [-0.15, -0.1) is 0 Å². The number of para-hydroxylation sites is 2. The summed E-state index contributed by atoms with van der Waals surface area (Å²) in [7, 11) is 0. The van der Waals surface area contributed by atoms with Gasteiger partial charge in [0.25, 0.3) is 0 Å². The first-order valence-corrected chi connectivity index (χ1v) is 6.52. The number of hydrogen-bond acceptors (Lipinski definition) is 2. The first-order valence-electron chi connectivity index (χ1n) is 6.52. The number of hydrogen-bond donors (Lipinski definition) is 1. The van der Waals surface area contributed by atoms with E-state index >= 15 is 0 Å². The van der Waals surface area contributed by atoms with Crippen molar-refractivity contribution in [2.75, 3.05) is 6.54 Å². The van der Waals surface area contributed by atoms with Crippen LogP contribution in [0.5, 0.6) is 0 Å². The Balaban J connectivity index is 2.25. The largest absolute Gasteiger partial charge is 0.329 e. The number of nitrogens with zero attached hydrogens (tertiary/aromatic N) is 2. The van der Waals surface area contributed by atoms with Crippen molar-refractivity contribution in [3.8, 4) is 11.4 Å². The van der Waals surface area contributed by atoms with Crippen molar-refractivity contribution in [2.45, 2.75) is 13.5 Å². The third-order valence-electron chi connectivity index (χ3n) is 3.28. The highest BCUT2D eigenvalue weighted by Gasteiger charge is 2.11. The summed E-state index contributed by atoms with van der Waals surface area (Å²) >= 11 is 0. The maximum Gasteiger partial charge on any atom is 0.141 e. The second-order valence-corrected chi connectivity index (χ2v) is 4.73. The minimum Gasteiger partial charge on any atom is -0.329 e. The summed E-state index contributed by atoms with van der Waals surface area (Å²) in [5.41, 5.74) is 10.3. The predicted molar refractivity (Wildman–Crippen MR) is 79.0 cm³/mol. The lowest BCUT2D eigenvalue weighted by atomic mass is 10.1. The lowest BCUT2D eigenvalue weighted by molar-refractivity contribution is 0.735. The minimum absolute atomic E-state index is 0.610. The Labute approximate surface area is 112 Å². The second-order valence-electron chi connectivity index (χ2n) is 4.73. The zero-order valence-electron chi connectivity index (χ0n) is 11.0. The van der Waals surface area contributed by atoms with Gasteiger partial charge in [-0.2, -0.15) is 0 Å². The molecule has 3 heteroatoms. The van der Waals surface area contributed by atoms with E-state index in [1.165, 1.54) is 5.56 Å². The number of imidazole rings is 1. The minimum atomic E-state index is 0.610. The molecule has 2 aromatic carbocycles. The summed E-state index contributed by atoms with van der Waals surface area (Å²) in [6.45, 7) is 3.49. The summed E-state index contributed by atoms with van der Waals surface area (Å²) in [5.74, 6) is 0.996. The van der Waals surface area contributed by atoms with Gasteiger partial charge in [0.2, 0.25) is 0 Å². The van der Waals surface area contributed by atoms with E-state index in [2.05, 4.69) is 41.8 Å². The number of rotatable bonds is 3. The lowest BCUT2D eigenvalue weighted by Crippen LogP contribution is -2.10. The Hall–Kier alpha value is -2.13. The molecule has 0 unspecified atom stereocenters. The topological polar surface area (TPSA) is 43.8 Å². The van der Waals surface area contributed by atoms with Gasteiger partial charge in [0.15, 0.2) is 0 Å². The molecule has 3 aromatic rings. The molecule has 0 aliphatic rings. The van der Waals surface area contributed by atoms with E-state index in [9.17, 15) is 0 Å². The van der Waals surface area contributed by atoms with Crippen LogP contribution >= 0.6 is 0 Å². The molecule has 1 heterocycles. The molecule has 1 aromatic heterocycles. The summed E-state index contributed by atoms with van der Waals surface area (Å²) in [5, 5.41) is 0. The summed E-state index contributed by atoms with van der Waals surface area (Å²) in [6, 6.07) is 16.6. The molecule has 0 aliphatic heterocycles. The third kappa shape index (κ3) is 2.13. The van der Waals surface area contributed by atoms with E-state index in [0.717, 1.165) is 29.0 Å². The normalized spacial score (nSPS) is 11.1. The zero-order valence-corrected chi connectivity index (χ0v) is 11.0. The highest BCUT2D eigenvalue weighted by atomic mass is 15.1. The first kappa shape index (κ1) is 11.9. The molecule has 0 amide bonds. The molecule has 0 fully saturated rings. The third-order valence-corrected chi connectivity index (χ3v) is 3.28. The maximum absolute atomic E-state index is 5.74. The molecule has 0 saturated carbocycles. The predicted octanol–water partition coefficient (Wildman–Crippen LogP) is 2.97. The van der Waals surface area contributed by atoms with E-state index in [1.54, 1.807) is 0 Å². The highest BCUT2D eigenvalue weighted by Crippen LogP contribution is 2.25. The van der Waals surface area contributed by atoms with Gasteiger partial charge in [0.05, 0.1) is 11.0 Å². The van der Waals surface area contributed by atoms with Crippen molar-refractivity contribution in [2.24, 2.45) is 5.73 Å². The molecule has 0 spiro atoms.